The number of rotatable bonds is 5. The van der Waals surface area contributed by atoms with Crippen LogP contribution in [0.15, 0.2) is 34.5 Å². The summed E-state index contributed by atoms with van der Waals surface area (Å²) >= 11 is 3.48. The van der Waals surface area contributed by atoms with Gasteiger partial charge in [0.2, 0.25) is 5.78 Å². The Labute approximate surface area is 202 Å². The van der Waals surface area contributed by atoms with Gasteiger partial charge in [-0.25, -0.2) is 0 Å². The standard InChI is InChI=1S/C25H27BrN2O5/c1-16-24-18(14-28(15-32-24)6-5-27-7-9-31-10-8-27)12-20-23(29)22(33-25(16)20)13-17-11-19(26)3-4-21(17)30-2/h3-4,11-13H,5-10,14-15H2,1-2H3/b22-13-. The second kappa shape index (κ2) is 9.46. The summed E-state index contributed by atoms with van der Waals surface area (Å²) in [6, 6.07) is 7.58. The third-order valence-corrected chi connectivity index (χ3v) is 6.81. The monoisotopic (exact) mass is 514 g/mol. The van der Waals surface area contributed by atoms with Crippen LogP contribution in [0.2, 0.25) is 0 Å². The number of morpholine rings is 1. The number of carbonyl (C=O) groups is 1. The molecule has 0 unspecified atom stereocenters. The van der Waals surface area contributed by atoms with Crippen LogP contribution in [0.4, 0.5) is 0 Å². The van der Waals surface area contributed by atoms with Crippen molar-refractivity contribution in [3.63, 3.8) is 0 Å². The molecule has 0 atom stereocenters. The van der Waals surface area contributed by atoms with Crippen molar-refractivity contribution in [1.29, 1.82) is 0 Å². The van der Waals surface area contributed by atoms with Gasteiger partial charge >= 0.3 is 0 Å². The molecule has 0 saturated carbocycles. The molecule has 0 radical (unpaired) electrons. The van der Waals surface area contributed by atoms with Crippen LogP contribution in [-0.2, 0) is 11.3 Å². The fraction of sp³-hybridized carbons (Fsp3) is 0.400. The van der Waals surface area contributed by atoms with Gasteiger partial charge in [-0.15, -0.1) is 0 Å². The number of nitrogens with zero attached hydrogens (tertiary/aromatic N) is 2. The second-order valence-corrected chi connectivity index (χ2v) is 9.39. The van der Waals surface area contributed by atoms with Crippen molar-refractivity contribution in [3.8, 4) is 17.2 Å². The number of methoxy groups -OCH3 is 1. The van der Waals surface area contributed by atoms with E-state index in [1.54, 1.807) is 13.2 Å². The lowest BCUT2D eigenvalue weighted by atomic mass is 10.00. The molecule has 0 spiro atoms. The van der Waals surface area contributed by atoms with Crippen LogP contribution < -0.4 is 14.2 Å². The molecule has 1 fully saturated rings. The van der Waals surface area contributed by atoms with Crippen molar-refractivity contribution in [2.75, 3.05) is 53.2 Å². The van der Waals surface area contributed by atoms with E-state index >= 15 is 0 Å². The van der Waals surface area contributed by atoms with Crippen molar-refractivity contribution < 1.29 is 23.7 Å². The molecule has 33 heavy (non-hydrogen) atoms. The molecule has 1 saturated heterocycles. The Kier molecular flexibility index (Phi) is 6.42. The Morgan fingerprint density at radius 1 is 1.12 bits per heavy atom. The maximum absolute atomic E-state index is 13.2. The maximum atomic E-state index is 13.2. The van der Waals surface area contributed by atoms with Crippen LogP contribution in [0, 0.1) is 6.92 Å². The molecule has 0 N–H and O–H groups in total. The number of hydrogen-bond acceptors (Lipinski definition) is 7. The van der Waals surface area contributed by atoms with Crippen LogP contribution in [0.5, 0.6) is 17.2 Å². The molecule has 2 aromatic rings. The number of hydrogen-bond donors (Lipinski definition) is 0. The Bertz CT molecular complexity index is 1110. The summed E-state index contributed by atoms with van der Waals surface area (Å²) in [5.41, 5.74) is 3.26. The average molecular weight is 515 g/mol. The number of Topliss-reactive ketones (excluding diaryl/α,β-unsaturated/α-hetero) is 1. The number of benzene rings is 2. The highest BCUT2D eigenvalue weighted by molar-refractivity contribution is 9.10. The van der Waals surface area contributed by atoms with Gasteiger partial charge in [-0.3, -0.25) is 14.6 Å². The summed E-state index contributed by atoms with van der Waals surface area (Å²) in [7, 11) is 1.61. The Hall–Kier alpha value is -2.39. The van der Waals surface area contributed by atoms with E-state index in [0.29, 0.717) is 23.8 Å². The Balaban J connectivity index is 1.36. The summed E-state index contributed by atoms with van der Waals surface area (Å²) in [6.07, 6.45) is 1.74. The molecule has 0 aromatic heterocycles. The lowest BCUT2D eigenvalue weighted by molar-refractivity contribution is 0.0239. The van der Waals surface area contributed by atoms with E-state index in [0.717, 1.165) is 72.9 Å². The van der Waals surface area contributed by atoms with Crippen LogP contribution in [0.1, 0.15) is 27.0 Å². The molecule has 0 bridgehead atoms. The smallest absolute Gasteiger partial charge is 0.231 e. The minimum Gasteiger partial charge on any atom is -0.496 e. The van der Waals surface area contributed by atoms with Crippen molar-refractivity contribution in [2.45, 2.75) is 13.5 Å². The average Bonchev–Trinajstić information content (AvgIpc) is 3.14. The van der Waals surface area contributed by atoms with Gasteiger partial charge in [0.15, 0.2) is 5.76 Å². The predicted molar refractivity (Wildman–Crippen MR) is 128 cm³/mol. The van der Waals surface area contributed by atoms with E-state index < -0.39 is 0 Å². The molecular weight excluding hydrogens is 488 g/mol. The zero-order chi connectivity index (χ0) is 22.9. The normalized spacial score (nSPS) is 19.7. The Morgan fingerprint density at radius 3 is 2.70 bits per heavy atom. The number of ketones is 1. The highest BCUT2D eigenvalue weighted by Crippen LogP contribution is 2.43. The first-order valence-corrected chi connectivity index (χ1v) is 11.9. The predicted octanol–water partition coefficient (Wildman–Crippen LogP) is 3.87. The van der Waals surface area contributed by atoms with Gasteiger partial charge in [0.25, 0.3) is 0 Å². The van der Waals surface area contributed by atoms with E-state index in [1.807, 2.05) is 31.2 Å². The summed E-state index contributed by atoms with van der Waals surface area (Å²) in [5.74, 6) is 2.25. The number of ether oxygens (including phenoxy) is 4. The number of allylic oxidation sites excluding steroid dienone is 1. The quantitative estimate of drug-likeness (QED) is 0.561. The Morgan fingerprint density at radius 2 is 1.91 bits per heavy atom. The van der Waals surface area contributed by atoms with Crippen LogP contribution in [-0.4, -0.2) is 68.8 Å². The van der Waals surface area contributed by atoms with Crippen LogP contribution >= 0.6 is 15.9 Å². The first-order valence-electron chi connectivity index (χ1n) is 11.1. The van der Waals surface area contributed by atoms with Crippen LogP contribution in [0.3, 0.4) is 0 Å². The molecule has 3 aliphatic rings. The number of halogens is 1. The van der Waals surface area contributed by atoms with Gasteiger partial charge in [0.1, 0.15) is 24.0 Å². The lowest BCUT2D eigenvalue weighted by Gasteiger charge is -2.33. The van der Waals surface area contributed by atoms with E-state index in [2.05, 4.69) is 25.7 Å². The first kappa shape index (κ1) is 22.4. The molecule has 8 heteroatoms. The fourth-order valence-corrected chi connectivity index (χ4v) is 4.89. The third kappa shape index (κ3) is 4.53. The van der Waals surface area contributed by atoms with E-state index in [9.17, 15) is 4.79 Å². The minimum atomic E-state index is -0.122. The molecule has 0 aliphatic carbocycles. The molecule has 5 rings (SSSR count). The third-order valence-electron chi connectivity index (χ3n) is 6.32. The molecule has 2 aromatic carbocycles. The number of fused-ring (bicyclic) bond motifs is 2. The van der Waals surface area contributed by atoms with Crippen LogP contribution in [0.25, 0.3) is 6.08 Å². The second-order valence-electron chi connectivity index (χ2n) is 8.47. The van der Waals surface area contributed by atoms with Gasteiger partial charge in [-0.05, 0) is 37.3 Å². The molecule has 3 heterocycles. The zero-order valence-electron chi connectivity index (χ0n) is 18.9. The SMILES string of the molecule is COc1ccc(Br)cc1/C=C1\Oc2c(cc3c(c2C)OCN(CCN2CCOCC2)C3)C1=O. The molecule has 0 amide bonds. The van der Waals surface area contributed by atoms with Gasteiger partial charge < -0.3 is 18.9 Å². The molecular formula is C25H27BrN2O5. The summed E-state index contributed by atoms with van der Waals surface area (Å²) in [4.78, 5) is 17.9. The highest BCUT2D eigenvalue weighted by atomic mass is 79.9. The number of carbonyl (C=O) groups excluding carboxylic acids is 1. The largest absolute Gasteiger partial charge is 0.496 e. The summed E-state index contributed by atoms with van der Waals surface area (Å²) < 4.78 is 23.9. The summed E-state index contributed by atoms with van der Waals surface area (Å²) in [5, 5.41) is 0. The van der Waals surface area contributed by atoms with Gasteiger partial charge in [0.05, 0.1) is 25.9 Å². The van der Waals surface area contributed by atoms with Crippen molar-refractivity contribution in [2.24, 2.45) is 0 Å². The van der Waals surface area contributed by atoms with Gasteiger partial charge in [-0.1, -0.05) is 15.9 Å². The van der Waals surface area contributed by atoms with Crippen molar-refractivity contribution in [3.05, 3.63) is 56.8 Å². The van der Waals surface area contributed by atoms with E-state index in [-0.39, 0.29) is 11.5 Å². The van der Waals surface area contributed by atoms with Gasteiger partial charge in [0, 0.05) is 53.9 Å². The maximum Gasteiger partial charge on any atom is 0.231 e. The molecule has 3 aliphatic heterocycles. The topological polar surface area (TPSA) is 60.5 Å². The highest BCUT2D eigenvalue weighted by Gasteiger charge is 2.34. The first-order chi connectivity index (χ1) is 16.0. The fourth-order valence-electron chi connectivity index (χ4n) is 4.51. The zero-order valence-corrected chi connectivity index (χ0v) is 20.4. The summed E-state index contributed by atoms with van der Waals surface area (Å²) in [6.45, 7) is 8.68. The van der Waals surface area contributed by atoms with E-state index in [4.69, 9.17) is 18.9 Å². The molecule has 174 valence electrons. The van der Waals surface area contributed by atoms with E-state index in [1.165, 1.54) is 0 Å². The van der Waals surface area contributed by atoms with Gasteiger partial charge in [-0.2, -0.15) is 0 Å². The lowest BCUT2D eigenvalue weighted by Crippen LogP contribution is -2.43. The molecule has 7 nitrogen and oxygen atoms in total. The van der Waals surface area contributed by atoms with Crippen molar-refractivity contribution in [1.82, 2.24) is 9.80 Å². The minimum absolute atomic E-state index is 0.122. The van der Waals surface area contributed by atoms with Crippen molar-refractivity contribution >= 4 is 27.8 Å².